The van der Waals surface area contributed by atoms with Gasteiger partial charge in [0.25, 0.3) is 0 Å². The van der Waals surface area contributed by atoms with Crippen molar-refractivity contribution in [2.45, 2.75) is 45.6 Å². The normalized spacial score (nSPS) is 16.8. The molecule has 0 N–H and O–H groups in total. The Morgan fingerprint density at radius 2 is 2.05 bits per heavy atom. The summed E-state index contributed by atoms with van der Waals surface area (Å²) in [6.45, 7) is 9.99. The van der Waals surface area contributed by atoms with Crippen molar-refractivity contribution >= 4 is 18.1 Å². The van der Waals surface area contributed by atoms with Gasteiger partial charge in [-0.3, -0.25) is 9.69 Å². The van der Waals surface area contributed by atoms with Crippen LogP contribution < -0.4 is 4.90 Å². The Bertz CT molecular complexity index is 559. The second kappa shape index (κ2) is 4.58. The quantitative estimate of drug-likeness (QED) is 0.740. The zero-order valence-corrected chi connectivity index (χ0v) is 12.6. The number of aldehydes is 1. The number of hydrogen-bond donors (Lipinski definition) is 0. The van der Waals surface area contributed by atoms with Crippen LogP contribution in [-0.4, -0.2) is 29.5 Å². The summed E-state index contributed by atoms with van der Waals surface area (Å²) in [5.41, 5.74) is 1.01. The molecule has 0 fully saturated rings. The van der Waals surface area contributed by atoms with Gasteiger partial charge in [-0.05, 0) is 32.9 Å². The number of rotatable bonds is 1. The van der Waals surface area contributed by atoms with Crippen LogP contribution in [0.1, 0.15) is 50.8 Å². The van der Waals surface area contributed by atoms with E-state index in [1.54, 1.807) is 17.0 Å². The van der Waals surface area contributed by atoms with Crippen LogP contribution >= 0.6 is 0 Å². The number of carbonyl (C=O) groups is 2. The van der Waals surface area contributed by atoms with Crippen molar-refractivity contribution in [3.05, 3.63) is 23.5 Å². The summed E-state index contributed by atoms with van der Waals surface area (Å²) in [4.78, 5) is 29.0. The molecule has 5 heteroatoms. The van der Waals surface area contributed by atoms with Crippen LogP contribution in [0.3, 0.4) is 0 Å². The van der Waals surface area contributed by atoms with Crippen LogP contribution in [-0.2, 0) is 10.2 Å². The molecule has 0 spiro atoms. The van der Waals surface area contributed by atoms with Crippen LogP contribution in [0.2, 0.25) is 0 Å². The number of carbonyl (C=O) groups excluding carboxylic acids is 2. The van der Waals surface area contributed by atoms with Crippen LogP contribution in [0.4, 0.5) is 10.5 Å². The zero-order chi connectivity index (χ0) is 15.1. The molecule has 0 radical (unpaired) electrons. The summed E-state index contributed by atoms with van der Waals surface area (Å²) in [6, 6.07) is 3.37. The van der Waals surface area contributed by atoms with Crippen molar-refractivity contribution in [2.75, 3.05) is 11.4 Å². The summed E-state index contributed by atoms with van der Waals surface area (Å²) in [5.74, 6) is 0. The summed E-state index contributed by atoms with van der Waals surface area (Å²) in [7, 11) is 0. The maximum Gasteiger partial charge on any atom is 0.414 e. The minimum Gasteiger partial charge on any atom is -0.443 e. The first-order chi connectivity index (χ1) is 9.14. The lowest BCUT2D eigenvalue weighted by atomic mass is 9.91. The Labute approximate surface area is 118 Å². The highest BCUT2D eigenvalue weighted by Gasteiger charge is 2.41. The number of anilines is 1. The highest BCUT2D eigenvalue weighted by Crippen LogP contribution is 2.39. The van der Waals surface area contributed by atoms with Crippen molar-refractivity contribution in [2.24, 2.45) is 0 Å². The topological polar surface area (TPSA) is 59.5 Å². The number of ether oxygens (including phenoxy) is 1. The molecule has 0 saturated heterocycles. The van der Waals surface area contributed by atoms with Crippen molar-refractivity contribution in [1.29, 1.82) is 0 Å². The third-order valence-electron chi connectivity index (χ3n) is 3.12. The lowest BCUT2D eigenvalue weighted by Gasteiger charge is -2.25. The molecular formula is C15H20N2O3. The van der Waals surface area contributed by atoms with E-state index in [-0.39, 0.29) is 11.5 Å². The van der Waals surface area contributed by atoms with Gasteiger partial charge in [0.15, 0.2) is 6.29 Å². The molecule has 1 aromatic heterocycles. The molecule has 20 heavy (non-hydrogen) atoms. The fourth-order valence-corrected chi connectivity index (χ4v) is 2.28. The second-order valence-electron chi connectivity index (χ2n) is 6.67. The lowest BCUT2D eigenvalue weighted by Crippen LogP contribution is -2.38. The first-order valence-electron chi connectivity index (χ1n) is 6.61. The first-order valence-corrected chi connectivity index (χ1v) is 6.61. The number of nitrogens with zero attached hydrogens (tertiary/aromatic N) is 2. The number of aromatic nitrogens is 1. The van der Waals surface area contributed by atoms with Gasteiger partial charge in [-0.2, -0.15) is 0 Å². The molecule has 5 nitrogen and oxygen atoms in total. The largest absolute Gasteiger partial charge is 0.443 e. The van der Waals surface area contributed by atoms with Gasteiger partial charge in [-0.1, -0.05) is 13.8 Å². The van der Waals surface area contributed by atoms with Gasteiger partial charge in [0, 0.05) is 12.0 Å². The molecule has 0 saturated carbocycles. The van der Waals surface area contributed by atoms with E-state index >= 15 is 0 Å². The van der Waals surface area contributed by atoms with Gasteiger partial charge in [0.1, 0.15) is 11.3 Å². The number of hydrogen-bond acceptors (Lipinski definition) is 4. The smallest absolute Gasteiger partial charge is 0.414 e. The minimum atomic E-state index is -0.542. The Morgan fingerprint density at radius 3 is 2.60 bits per heavy atom. The highest BCUT2D eigenvalue weighted by molar-refractivity contribution is 5.91. The summed E-state index contributed by atoms with van der Waals surface area (Å²) in [5, 5.41) is 0. The molecule has 1 aliphatic rings. The van der Waals surface area contributed by atoms with Gasteiger partial charge in [0.2, 0.25) is 0 Å². The standard InChI is InChI=1S/C15H20N2O3/c1-14(2,3)20-13(19)17-9-15(4,5)12-11(17)7-6-10(8-18)16-12/h6-8H,9H2,1-5H3. The highest BCUT2D eigenvalue weighted by atomic mass is 16.6. The molecule has 0 bridgehead atoms. The van der Waals surface area contributed by atoms with E-state index in [1.807, 2.05) is 34.6 Å². The van der Waals surface area contributed by atoms with Gasteiger partial charge >= 0.3 is 6.09 Å². The molecule has 0 atom stereocenters. The lowest BCUT2D eigenvalue weighted by molar-refractivity contribution is 0.0579. The fraction of sp³-hybridized carbons (Fsp3) is 0.533. The average molecular weight is 276 g/mol. The number of fused-ring (bicyclic) bond motifs is 1. The molecule has 0 aromatic carbocycles. The zero-order valence-electron chi connectivity index (χ0n) is 12.6. The maximum atomic E-state index is 12.3. The average Bonchev–Trinajstić information content (AvgIpc) is 2.59. The van der Waals surface area contributed by atoms with Crippen LogP contribution in [0.5, 0.6) is 0 Å². The van der Waals surface area contributed by atoms with E-state index in [2.05, 4.69) is 4.98 Å². The Kier molecular flexibility index (Phi) is 3.32. The van der Waals surface area contributed by atoms with Crippen LogP contribution in [0, 0.1) is 0 Å². The molecule has 108 valence electrons. The predicted octanol–water partition coefficient (Wildman–Crippen LogP) is 2.93. The van der Waals surface area contributed by atoms with Crippen molar-refractivity contribution < 1.29 is 14.3 Å². The molecule has 0 aliphatic carbocycles. The summed E-state index contributed by atoms with van der Waals surface area (Å²) >= 11 is 0. The molecule has 1 aromatic rings. The summed E-state index contributed by atoms with van der Waals surface area (Å²) < 4.78 is 5.42. The molecule has 1 aliphatic heterocycles. The summed E-state index contributed by atoms with van der Waals surface area (Å²) in [6.07, 6.45) is 0.330. The molecule has 0 unspecified atom stereocenters. The van der Waals surface area contributed by atoms with Crippen LogP contribution in [0.15, 0.2) is 12.1 Å². The van der Waals surface area contributed by atoms with E-state index in [4.69, 9.17) is 4.74 Å². The van der Waals surface area contributed by atoms with Crippen molar-refractivity contribution in [3.63, 3.8) is 0 Å². The van der Waals surface area contributed by atoms with Crippen LogP contribution in [0.25, 0.3) is 0 Å². The van der Waals surface area contributed by atoms with E-state index in [0.717, 1.165) is 11.4 Å². The van der Waals surface area contributed by atoms with Crippen molar-refractivity contribution in [3.8, 4) is 0 Å². The third-order valence-corrected chi connectivity index (χ3v) is 3.12. The second-order valence-corrected chi connectivity index (χ2v) is 6.67. The van der Waals surface area contributed by atoms with E-state index in [9.17, 15) is 9.59 Å². The minimum absolute atomic E-state index is 0.300. The monoisotopic (exact) mass is 276 g/mol. The van der Waals surface area contributed by atoms with E-state index in [0.29, 0.717) is 18.5 Å². The number of amides is 1. The number of pyridine rings is 1. The van der Waals surface area contributed by atoms with Crippen molar-refractivity contribution in [1.82, 2.24) is 4.98 Å². The third kappa shape index (κ3) is 2.66. The fourth-order valence-electron chi connectivity index (χ4n) is 2.28. The van der Waals surface area contributed by atoms with Gasteiger partial charge < -0.3 is 4.74 Å². The van der Waals surface area contributed by atoms with Gasteiger partial charge in [-0.25, -0.2) is 9.78 Å². The Hall–Kier alpha value is -1.91. The molecular weight excluding hydrogens is 256 g/mol. The SMILES string of the molecule is CC(C)(C)OC(=O)N1CC(C)(C)c2nc(C=O)ccc21. The maximum absolute atomic E-state index is 12.3. The van der Waals surface area contributed by atoms with E-state index < -0.39 is 5.60 Å². The van der Waals surface area contributed by atoms with E-state index in [1.165, 1.54) is 0 Å². The predicted molar refractivity (Wildman–Crippen MR) is 76.2 cm³/mol. The Balaban J connectivity index is 2.38. The van der Waals surface area contributed by atoms with Gasteiger partial charge in [-0.15, -0.1) is 0 Å². The molecule has 2 rings (SSSR count). The van der Waals surface area contributed by atoms with Gasteiger partial charge in [0.05, 0.1) is 11.4 Å². The Morgan fingerprint density at radius 1 is 1.40 bits per heavy atom. The molecule has 2 heterocycles. The molecule has 1 amide bonds. The first kappa shape index (κ1) is 14.5.